The molecule has 0 radical (unpaired) electrons. The third-order valence-electron chi connectivity index (χ3n) is 5.23. The zero-order valence-corrected chi connectivity index (χ0v) is 19.3. The van der Waals surface area contributed by atoms with E-state index in [0.717, 1.165) is 0 Å². The van der Waals surface area contributed by atoms with E-state index in [0.29, 0.717) is 30.0 Å². The molecule has 3 rings (SSSR count). The minimum absolute atomic E-state index is 0.0612. The van der Waals surface area contributed by atoms with Crippen LogP contribution in [0.25, 0.3) is 0 Å². The van der Waals surface area contributed by atoms with E-state index in [9.17, 15) is 18.0 Å². The number of rotatable bonds is 8. The van der Waals surface area contributed by atoms with Gasteiger partial charge in [-0.1, -0.05) is 0 Å². The van der Waals surface area contributed by atoms with Crippen LogP contribution in [0.2, 0.25) is 0 Å². The molecule has 1 amide bonds. The standard InChI is InChI=1S/C21H27N3O7S/c1-5-31-21(26)17-12-15(13-23(17)2)32(27,28)24-10-6-7-16(24)20(25)22-14-8-9-18(29-3)19(11-14)30-4/h8-9,11-13,16H,5-7,10H2,1-4H3,(H,22,25)/t16-/m1/s1. The molecule has 1 aromatic heterocycles. The Kier molecular flexibility index (Phi) is 7.09. The molecule has 1 aromatic carbocycles. The van der Waals surface area contributed by atoms with E-state index in [1.807, 2.05) is 0 Å². The van der Waals surface area contributed by atoms with Gasteiger partial charge < -0.3 is 24.1 Å². The van der Waals surface area contributed by atoms with Crippen LogP contribution in [-0.2, 0) is 26.6 Å². The SMILES string of the molecule is CCOC(=O)c1cc(S(=O)(=O)N2CCC[C@@H]2C(=O)Nc2ccc(OC)c(OC)c2)cn1C. The lowest BCUT2D eigenvalue weighted by atomic mass is 10.2. The topological polar surface area (TPSA) is 116 Å². The number of aryl methyl sites for hydroxylation is 1. The van der Waals surface area contributed by atoms with E-state index in [1.54, 1.807) is 32.2 Å². The number of anilines is 1. The number of nitrogens with one attached hydrogen (secondary N) is 1. The zero-order valence-electron chi connectivity index (χ0n) is 18.5. The molecule has 1 atom stereocenters. The van der Waals surface area contributed by atoms with Crippen LogP contribution in [0.15, 0.2) is 35.4 Å². The fraction of sp³-hybridized carbons (Fsp3) is 0.429. The highest BCUT2D eigenvalue weighted by Gasteiger charge is 2.40. The summed E-state index contributed by atoms with van der Waals surface area (Å²) >= 11 is 0. The van der Waals surface area contributed by atoms with Crippen LogP contribution < -0.4 is 14.8 Å². The first kappa shape index (κ1) is 23.6. The van der Waals surface area contributed by atoms with Gasteiger partial charge in [0.15, 0.2) is 11.5 Å². The minimum Gasteiger partial charge on any atom is -0.493 e. The maximum absolute atomic E-state index is 13.3. The van der Waals surface area contributed by atoms with Crippen molar-refractivity contribution >= 4 is 27.6 Å². The Balaban J connectivity index is 1.82. The first-order valence-electron chi connectivity index (χ1n) is 10.1. The number of benzene rings is 1. The molecule has 1 N–H and O–H groups in total. The van der Waals surface area contributed by atoms with Crippen molar-refractivity contribution in [2.75, 3.05) is 32.7 Å². The Morgan fingerprint density at radius 2 is 1.88 bits per heavy atom. The van der Waals surface area contributed by atoms with Crippen LogP contribution in [0.5, 0.6) is 11.5 Å². The van der Waals surface area contributed by atoms with Crippen molar-refractivity contribution in [3.8, 4) is 11.5 Å². The Labute approximate surface area is 187 Å². The van der Waals surface area contributed by atoms with E-state index in [4.69, 9.17) is 14.2 Å². The van der Waals surface area contributed by atoms with Crippen molar-refractivity contribution in [2.24, 2.45) is 7.05 Å². The molecule has 1 saturated heterocycles. The van der Waals surface area contributed by atoms with Crippen molar-refractivity contribution in [3.05, 3.63) is 36.2 Å². The summed E-state index contributed by atoms with van der Waals surface area (Å²) < 4.78 is 44.5. The Morgan fingerprint density at radius 3 is 2.53 bits per heavy atom. The normalized spacial score (nSPS) is 16.6. The average molecular weight is 466 g/mol. The Hall–Kier alpha value is -3.05. The molecule has 0 aliphatic carbocycles. The van der Waals surface area contributed by atoms with Crippen molar-refractivity contribution in [3.63, 3.8) is 0 Å². The van der Waals surface area contributed by atoms with Gasteiger partial charge in [-0.25, -0.2) is 13.2 Å². The summed E-state index contributed by atoms with van der Waals surface area (Å²) in [6.07, 6.45) is 2.28. The maximum Gasteiger partial charge on any atom is 0.354 e. The van der Waals surface area contributed by atoms with Crippen LogP contribution in [0.1, 0.15) is 30.3 Å². The molecule has 1 aliphatic heterocycles. The Morgan fingerprint density at radius 1 is 1.16 bits per heavy atom. The van der Waals surface area contributed by atoms with E-state index in [2.05, 4.69) is 5.32 Å². The smallest absolute Gasteiger partial charge is 0.354 e. The minimum atomic E-state index is -4.00. The number of carbonyl (C=O) groups is 2. The summed E-state index contributed by atoms with van der Waals surface area (Å²) in [6, 6.07) is 5.30. The van der Waals surface area contributed by atoms with E-state index >= 15 is 0 Å². The van der Waals surface area contributed by atoms with Gasteiger partial charge in [-0.2, -0.15) is 4.31 Å². The van der Waals surface area contributed by atoms with Gasteiger partial charge in [-0.15, -0.1) is 0 Å². The number of ether oxygens (including phenoxy) is 3. The molecule has 1 aliphatic rings. The van der Waals surface area contributed by atoms with E-state index in [1.165, 1.54) is 35.4 Å². The number of carbonyl (C=O) groups excluding carboxylic acids is 2. The van der Waals surface area contributed by atoms with Crippen molar-refractivity contribution in [1.82, 2.24) is 8.87 Å². The summed E-state index contributed by atoms with van der Waals surface area (Å²) in [5.41, 5.74) is 0.581. The predicted octanol–water partition coefficient (Wildman–Crippen LogP) is 2.01. The second-order valence-corrected chi connectivity index (χ2v) is 9.12. The number of aromatic nitrogens is 1. The van der Waals surface area contributed by atoms with Gasteiger partial charge in [0.1, 0.15) is 16.6 Å². The highest BCUT2D eigenvalue weighted by Crippen LogP contribution is 2.31. The molecule has 11 heteroatoms. The lowest BCUT2D eigenvalue weighted by Crippen LogP contribution is -2.43. The summed E-state index contributed by atoms with van der Waals surface area (Å²) in [7, 11) is 0.560. The highest BCUT2D eigenvalue weighted by atomic mass is 32.2. The first-order valence-corrected chi connectivity index (χ1v) is 11.5. The van der Waals surface area contributed by atoms with Gasteiger partial charge in [-0.3, -0.25) is 4.79 Å². The molecular weight excluding hydrogens is 438 g/mol. The molecule has 0 unspecified atom stereocenters. The average Bonchev–Trinajstić information content (AvgIpc) is 3.41. The summed E-state index contributed by atoms with van der Waals surface area (Å²) in [5.74, 6) is -0.102. The van der Waals surface area contributed by atoms with Crippen molar-refractivity contribution in [2.45, 2.75) is 30.7 Å². The zero-order chi connectivity index (χ0) is 23.5. The van der Waals surface area contributed by atoms with Gasteiger partial charge in [0.05, 0.1) is 20.8 Å². The third-order valence-corrected chi connectivity index (χ3v) is 7.10. The number of amides is 1. The van der Waals surface area contributed by atoms with Gasteiger partial charge in [0, 0.05) is 31.5 Å². The molecule has 0 bridgehead atoms. The quantitative estimate of drug-likeness (QED) is 0.593. The second-order valence-electron chi connectivity index (χ2n) is 7.23. The number of sulfonamides is 1. The first-order chi connectivity index (χ1) is 15.2. The molecule has 1 fully saturated rings. The van der Waals surface area contributed by atoms with Crippen molar-refractivity contribution < 1.29 is 32.2 Å². The molecule has 10 nitrogen and oxygen atoms in total. The molecular formula is C21H27N3O7S. The summed E-state index contributed by atoms with van der Waals surface area (Å²) in [6.45, 7) is 2.05. The molecule has 2 heterocycles. The van der Waals surface area contributed by atoms with Crippen LogP contribution in [-0.4, -0.2) is 62.6 Å². The molecule has 0 saturated carbocycles. The third kappa shape index (κ3) is 4.58. The fourth-order valence-corrected chi connectivity index (χ4v) is 5.38. The van der Waals surface area contributed by atoms with Gasteiger partial charge in [0.25, 0.3) is 0 Å². The second kappa shape index (κ2) is 9.61. The van der Waals surface area contributed by atoms with Crippen LogP contribution in [0, 0.1) is 0 Å². The largest absolute Gasteiger partial charge is 0.493 e. The predicted molar refractivity (Wildman–Crippen MR) is 116 cm³/mol. The maximum atomic E-state index is 13.3. The Bertz CT molecular complexity index is 1110. The van der Waals surface area contributed by atoms with Crippen LogP contribution >= 0.6 is 0 Å². The lowest BCUT2D eigenvalue weighted by molar-refractivity contribution is -0.119. The van der Waals surface area contributed by atoms with Gasteiger partial charge in [0.2, 0.25) is 15.9 Å². The van der Waals surface area contributed by atoms with E-state index in [-0.39, 0.29) is 23.7 Å². The monoisotopic (exact) mass is 465 g/mol. The van der Waals surface area contributed by atoms with E-state index < -0.39 is 27.9 Å². The molecule has 32 heavy (non-hydrogen) atoms. The fourth-order valence-electron chi connectivity index (χ4n) is 3.65. The van der Waals surface area contributed by atoms with Crippen LogP contribution in [0.4, 0.5) is 5.69 Å². The number of esters is 1. The molecule has 174 valence electrons. The van der Waals surface area contributed by atoms with Crippen LogP contribution in [0.3, 0.4) is 0 Å². The summed E-state index contributed by atoms with van der Waals surface area (Å²) in [5, 5.41) is 2.76. The number of hydrogen-bond acceptors (Lipinski definition) is 7. The highest BCUT2D eigenvalue weighted by molar-refractivity contribution is 7.89. The molecule has 2 aromatic rings. The molecule has 0 spiro atoms. The number of methoxy groups -OCH3 is 2. The van der Waals surface area contributed by atoms with Crippen molar-refractivity contribution in [1.29, 1.82) is 0 Å². The van der Waals surface area contributed by atoms with Gasteiger partial charge in [-0.05, 0) is 38.0 Å². The van der Waals surface area contributed by atoms with Gasteiger partial charge >= 0.3 is 5.97 Å². The summed E-state index contributed by atoms with van der Waals surface area (Å²) in [4.78, 5) is 25.0. The lowest BCUT2D eigenvalue weighted by Gasteiger charge is -2.23. The number of nitrogens with zero attached hydrogens (tertiary/aromatic N) is 2. The number of hydrogen-bond donors (Lipinski definition) is 1.